The van der Waals surface area contributed by atoms with Crippen molar-refractivity contribution in [2.45, 2.75) is 32.7 Å². The SMILES string of the molecule is CC1(C)CCCNC1CNc1nc[nH]c(=O)c1Cl. The molecule has 0 bridgehead atoms. The molecule has 5 nitrogen and oxygen atoms in total. The molecule has 0 aromatic carbocycles. The molecule has 18 heavy (non-hydrogen) atoms. The molecule has 0 radical (unpaired) electrons. The van der Waals surface area contributed by atoms with E-state index in [1.807, 2.05) is 0 Å². The highest BCUT2D eigenvalue weighted by molar-refractivity contribution is 6.32. The van der Waals surface area contributed by atoms with Crippen LogP contribution in [0.5, 0.6) is 0 Å². The molecular weight excluding hydrogens is 252 g/mol. The number of halogens is 1. The van der Waals surface area contributed by atoms with Crippen molar-refractivity contribution in [2.24, 2.45) is 5.41 Å². The Morgan fingerprint density at radius 3 is 3.11 bits per heavy atom. The fourth-order valence-corrected chi connectivity index (χ4v) is 2.49. The molecule has 3 N–H and O–H groups in total. The van der Waals surface area contributed by atoms with E-state index in [1.165, 1.54) is 19.2 Å². The lowest BCUT2D eigenvalue weighted by molar-refractivity contribution is 0.188. The molecule has 1 unspecified atom stereocenters. The molecular formula is C12H19ClN4O. The molecule has 2 rings (SSSR count). The summed E-state index contributed by atoms with van der Waals surface area (Å²) in [5.74, 6) is 0.448. The molecule has 0 spiro atoms. The Balaban J connectivity index is 2.03. The summed E-state index contributed by atoms with van der Waals surface area (Å²) in [6.45, 7) is 6.24. The van der Waals surface area contributed by atoms with Gasteiger partial charge in [-0.1, -0.05) is 25.4 Å². The van der Waals surface area contributed by atoms with Crippen LogP contribution in [0.25, 0.3) is 0 Å². The maximum atomic E-state index is 11.3. The van der Waals surface area contributed by atoms with Crippen LogP contribution in [0, 0.1) is 5.41 Å². The van der Waals surface area contributed by atoms with Crippen molar-refractivity contribution < 1.29 is 0 Å². The fourth-order valence-electron chi connectivity index (χ4n) is 2.32. The van der Waals surface area contributed by atoms with Gasteiger partial charge in [0.25, 0.3) is 5.56 Å². The smallest absolute Gasteiger partial charge is 0.271 e. The molecule has 1 aromatic heterocycles. The lowest BCUT2D eigenvalue weighted by Gasteiger charge is -2.39. The molecule has 1 aliphatic rings. The van der Waals surface area contributed by atoms with Crippen LogP contribution in [0.1, 0.15) is 26.7 Å². The zero-order valence-electron chi connectivity index (χ0n) is 10.7. The quantitative estimate of drug-likeness (QED) is 0.781. The average Bonchev–Trinajstić information content (AvgIpc) is 2.32. The second-order valence-electron chi connectivity index (χ2n) is 5.37. The number of piperidine rings is 1. The third-order valence-electron chi connectivity index (χ3n) is 3.60. The maximum Gasteiger partial charge on any atom is 0.271 e. The molecule has 6 heteroatoms. The Labute approximate surface area is 111 Å². The summed E-state index contributed by atoms with van der Waals surface area (Å²) in [5.41, 5.74) is -0.0797. The minimum Gasteiger partial charge on any atom is -0.367 e. The van der Waals surface area contributed by atoms with Crippen molar-refractivity contribution in [3.8, 4) is 0 Å². The van der Waals surface area contributed by atoms with Gasteiger partial charge in [-0.2, -0.15) is 0 Å². The Morgan fingerprint density at radius 1 is 1.61 bits per heavy atom. The van der Waals surface area contributed by atoms with Gasteiger partial charge in [0, 0.05) is 12.6 Å². The van der Waals surface area contributed by atoms with E-state index in [0.717, 1.165) is 6.54 Å². The van der Waals surface area contributed by atoms with Gasteiger partial charge in [0.05, 0.1) is 6.33 Å². The van der Waals surface area contributed by atoms with E-state index < -0.39 is 0 Å². The minimum atomic E-state index is -0.315. The van der Waals surface area contributed by atoms with Gasteiger partial charge in [-0.05, 0) is 24.8 Å². The van der Waals surface area contributed by atoms with Gasteiger partial charge in [-0.15, -0.1) is 0 Å². The van der Waals surface area contributed by atoms with Crippen LogP contribution < -0.4 is 16.2 Å². The van der Waals surface area contributed by atoms with E-state index in [-0.39, 0.29) is 16.0 Å². The largest absolute Gasteiger partial charge is 0.367 e. The van der Waals surface area contributed by atoms with E-state index in [2.05, 4.69) is 34.4 Å². The molecule has 100 valence electrons. The van der Waals surface area contributed by atoms with E-state index in [0.29, 0.717) is 18.4 Å². The first-order valence-corrected chi connectivity index (χ1v) is 6.59. The van der Waals surface area contributed by atoms with Crippen molar-refractivity contribution >= 4 is 17.4 Å². The Morgan fingerprint density at radius 2 is 2.39 bits per heavy atom. The second kappa shape index (κ2) is 5.28. The molecule has 0 amide bonds. The van der Waals surface area contributed by atoms with E-state index >= 15 is 0 Å². The van der Waals surface area contributed by atoms with Gasteiger partial charge in [0.15, 0.2) is 5.82 Å². The average molecular weight is 271 g/mol. The lowest BCUT2D eigenvalue weighted by Crippen LogP contribution is -2.50. The van der Waals surface area contributed by atoms with E-state index in [1.54, 1.807) is 0 Å². The summed E-state index contributed by atoms with van der Waals surface area (Å²) in [7, 11) is 0. The van der Waals surface area contributed by atoms with E-state index in [4.69, 9.17) is 11.6 Å². The number of nitrogens with zero attached hydrogens (tertiary/aromatic N) is 1. The molecule has 0 aliphatic carbocycles. The summed E-state index contributed by atoms with van der Waals surface area (Å²) >= 11 is 5.89. The number of anilines is 1. The summed E-state index contributed by atoms with van der Waals surface area (Å²) in [6, 6.07) is 0.350. The van der Waals surface area contributed by atoms with Gasteiger partial charge in [0.2, 0.25) is 0 Å². The summed E-state index contributed by atoms with van der Waals surface area (Å²) < 4.78 is 0. The van der Waals surface area contributed by atoms with Gasteiger partial charge in [-0.25, -0.2) is 4.98 Å². The number of aromatic nitrogens is 2. The summed E-state index contributed by atoms with van der Waals surface area (Å²) in [5, 5.41) is 6.76. The first-order chi connectivity index (χ1) is 8.50. The Kier molecular flexibility index (Phi) is 3.92. The van der Waals surface area contributed by atoms with Crippen LogP contribution in [0.3, 0.4) is 0 Å². The molecule has 1 aromatic rings. The zero-order chi connectivity index (χ0) is 13.2. The molecule has 0 saturated carbocycles. The van der Waals surface area contributed by atoms with Crippen LogP contribution in [-0.4, -0.2) is 29.1 Å². The van der Waals surface area contributed by atoms with E-state index in [9.17, 15) is 4.79 Å². The van der Waals surface area contributed by atoms with Crippen LogP contribution >= 0.6 is 11.6 Å². The van der Waals surface area contributed by atoms with Crippen molar-refractivity contribution in [1.29, 1.82) is 0 Å². The molecule has 1 aliphatic heterocycles. The fraction of sp³-hybridized carbons (Fsp3) is 0.667. The first kappa shape index (κ1) is 13.4. The lowest BCUT2D eigenvalue weighted by atomic mass is 9.77. The Bertz CT molecular complexity index is 471. The number of hydrogen-bond acceptors (Lipinski definition) is 4. The summed E-state index contributed by atoms with van der Waals surface area (Å²) in [6.07, 6.45) is 3.76. The monoisotopic (exact) mass is 270 g/mol. The second-order valence-corrected chi connectivity index (χ2v) is 5.75. The van der Waals surface area contributed by atoms with Crippen LogP contribution in [-0.2, 0) is 0 Å². The zero-order valence-corrected chi connectivity index (χ0v) is 11.5. The van der Waals surface area contributed by atoms with Gasteiger partial charge >= 0.3 is 0 Å². The maximum absolute atomic E-state index is 11.3. The minimum absolute atomic E-state index is 0.117. The van der Waals surface area contributed by atoms with Crippen molar-refractivity contribution in [2.75, 3.05) is 18.4 Å². The predicted molar refractivity (Wildman–Crippen MR) is 73.2 cm³/mol. The first-order valence-electron chi connectivity index (χ1n) is 6.21. The number of nitrogens with one attached hydrogen (secondary N) is 3. The molecule has 1 saturated heterocycles. The number of H-pyrrole nitrogens is 1. The number of hydrogen-bond donors (Lipinski definition) is 3. The third kappa shape index (κ3) is 2.84. The highest BCUT2D eigenvalue weighted by Crippen LogP contribution is 2.30. The van der Waals surface area contributed by atoms with Crippen molar-refractivity contribution in [3.63, 3.8) is 0 Å². The van der Waals surface area contributed by atoms with Crippen molar-refractivity contribution in [3.05, 3.63) is 21.7 Å². The molecule has 1 fully saturated rings. The van der Waals surface area contributed by atoms with Gasteiger partial charge < -0.3 is 15.6 Å². The third-order valence-corrected chi connectivity index (χ3v) is 3.95. The van der Waals surface area contributed by atoms with Crippen LogP contribution in [0.15, 0.2) is 11.1 Å². The topological polar surface area (TPSA) is 69.8 Å². The van der Waals surface area contributed by atoms with Crippen LogP contribution in [0.4, 0.5) is 5.82 Å². The Hall–Kier alpha value is -1.07. The van der Waals surface area contributed by atoms with Gasteiger partial charge in [-0.3, -0.25) is 4.79 Å². The number of aromatic amines is 1. The number of rotatable bonds is 3. The van der Waals surface area contributed by atoms with Crippen LogP contribution in [0.2, 0.25) is 5.02 Å². The summed E-state index contributed by atoms with van der Waals surface area (Å²) in [4.78, 5) is 17.8. The van der Waals surface area contributed by atoms with Gasteiger partial charge in [0.1, 0.15) is 5.02 Å². The predicted octanol–water partition coefficient (Wildman–Crippen LogP) is 1.61. The molecule has 1 atom stereocenters. The normalized spacial score (nSPS) is 22.7. The van der Waals surface area contributed by atoms with Crippen molar-refractivity contribution in [1.82, 2.24) is 15.3 Å². The standard InChI is InChI=1S/C12H19ClN4O/c1-12(2)4-3-5-14-8(12)6-15-10-9(13)11(18)17-7-16-10/h7-8,14H,3-6H2,1-2H3,(H2,15,16,17,18). The molecule has 2 heterocycles. The highest BCUT2D eigenvalue weighted by Gasteiger charge is 2.31. The highest BCUT2D eigenvalue weighted by atomic mass is 35.5.